The molecule has 0 heterocycles. The van der Waals surface area contributed by atoms with E-state index >= 15 is 0 Å². The molecule has 0 saturated heterocycles. The number of halogens is 1. The molecule has 88 valence electrons. The van der Waals surface area contributed by atoms with Gasteiger partial charge >= 0.3 is 0 Å². The number of aryl methyl sites for hydroxylation is 1. The van der Waals surface area contributed by atoms with Gasteiger partial charge in [0.05, 0.1) is 5.38 Å². The Morgan fingerprint density at radius 1 is 1.19 bits per heavy atom. The molecule has 16 heavy (non-hydrogen) atoms. The Bertz CT molecular complexity index is 374. The summed E-state index contributed by atoms with van der Waals surface area (Å²) in [5.41, 5.74) is 4.47. The lowest BCUT2D eigenvalue weighted by molar-refractivity contribution is 0.588. The van der Waals surface area contributed by atoms with Crippen molar-refractivity contribution < 1.29 is 0 Å². The van der Waals surface area contributed by atoms with E-state index in [1.807, 2.05) is 0 Å². The maximum absolute atomic E-state index is 6.47. The van der Waals surface area contributed by atoms with Gasteiger partial charge in [-0.3, -0.25) is 0 Å². The van der Waals surface area contributed by atoms with Crippen molar-refractivity contribution in [3.8, 4) is 0 Å². The summed E-state index contributed by atoms with van der Waals surface area (Å²) in [6, 6.07) is 6.89. The van der Waals surface area contributed by atoms with Crippen LogP contribution in [-0.2, 0) is 11.8 Å². The zero-order chi connectivity index (χ0) is 11.8. The molecule has 1 atom stereocenters. The van der Waals surface area contributed by atoms with E-state index in [-0.39, 0.29) is 10.8 Å². The molecule has 1 aliphatic rings. The van der Waals surface area contributed by atoms with Gasteiger partial charge in [0.1, 0.15) is 0 Å². The van der Waals surface area contributed by atoms with Crippen LogP contribution in [0.3, 0.4) is 0 Å². The molecule has 0 saturated carbocycles. The van der Waals surface area contributed by atoms with Gasteiger partial charge in [-0.05, 0) is 41.4 Å². The predicted molar refractivity (Wildman–Crippen MR) is 71.3 cm³/mol. The van der Waals surface area contributed by atoms with E-state index in [0.29, 0.717) is 0 Å². The summed E-state index contributed by atoms with van der Waals surface area (Å²) in [6.45, 7) is 6.78. The lowest BCUT2D eigenvalue weighted by Crippen LogP contribution is -2.12. The molecular weight excluding hydrogens is 216 g/mol. The molecule has 0 spiro atoms. The molecule has 1 heteroatoms. The van der Waals surface area contributed by atoms with Crippen LogP contribution >= 0.6 is 11.6 Å². The highest BCUT2D eigenvalue weighted by atomic mass is 35.5. The summed E-state index contributed by atoms with van der Waals surface area (Å²) in [7, 11) is 0. The first-order valence-corrected chi connectivity index (χ1v) is 6.69. The van der Waals surface area contributed by atoms with Gasteiger partial charge in [0.25, 0.3) is 0 Å². The maximum atomic E-state index is 6.47. The Morgan fingerprint density at radius 2 is 1.94 bits per heavy atom. The number of benzene rings is 1. The minimum atomic E-state index is 0.220. The normalized spacial score (nSPS) is 21.4. The van der Waals surface area contributed by atoms with Crippen molar-refractivity contribution in [3.05, 3.63) is 34.9 Å². The Labute approximate surface area is 104 Å². The third kappa shape index (κ3) is 2.43. The summed E-state index contributed by atoms with van der Waals surface area (Å²) in [5.74, 6) is 0. The average molecular weight is 237 g/mol. The van der Waals surface area contributed by atoms with Gasteiger partial charge in [0, 0.05) is 0 Å². The van der Waals surface area contributed by atoms with Crippen LogP contribution in [0.2, 0.25) is 0 Å². The molecule has 0 aliphatic heterocycles. The lowest BCUT2D eigenvalue weighted by Gasteiger charge is -2.22. The van der Waals surface area contributed by atoms with Crippen LogP contribution in [0.15, 0.2) is 18.2 Å². The summed E-state index contributed by atoms with van der Waals surface area (Å²) in [4.78, 5) is 0. The van der Waals surface area contributed by atoms with E-state index in [1.54, 1.807) is 0 Å². The third-order valence-corrected chi connectivity index (χ3v) is 3.96. The molecule has 0 nitrogen and oxygen atoms in total. The van der Waals surface area contributed by atoms with Crippen molar-refractivity contribution in [1.82, 2.24) is 0 Å². The second-order valence-corrected chi connectivity index (χ2v) is 6.40. The summed E-state index contributed by atoms with van der Waals surface area (Å²) >= 11 is 6.47. The summed E-state index contributed by atoms with van der Waals surface area (Å²) < 4.78 is 0. The van der Waals surface area contributed by atoms with Crippen LogP contribution < -0.4 is 0 Å². The SMILES string of the molecule is CC(C)(C)c1ccc2c(c1)C(Cl)CCCC2. The van der Waals surface area contributed by atoms with Crippen LogP contribution in [-0.4, -0.2) is 0 Å². The molecule has 2 rings (SSSR count). The molecule has 1 unspecified atom stereocenters. The average Bonchev–Trinajstić information content (AvgIpc) is 2.39. The van der Waals surface area contributed by atoms with Crippen molar-refractivity contribution in [2.45, 2.75) is 57.2 Å². The number of fused-ring (bicyclic) bond motifs is 1. The van der Waals surface area contributed by atoms with E-state index in [4.69, 9.17) is 11.6 Å². The molecule has 0 bridgehead atoms. The zero-order valence-electron chi connectivity index (χ0n) is 10.5. The lowest BCUT2D eigenvalue weighted by atomic mass is 9.84. The molecule has 1 aromatic rings. The van der Waals surface area contributed by atoms with Crippen molar-refractivity contribution >= 4 is 11.6 Å². The van der Waals surface area contributed by atoms with Crippen LogP contribution in [0.5, 0.6) is 0 Å². The standard InChI is InChI=1S/C15H21Cl/c1-15(2,3)12-9-8-11-6-4-5-7-14(16)13(11)10-12/h8-10,14H,4-7H2,1-3H3. The Hall–Kier alpha value is -0.490. The minimum absolute atomic E-state index is 0.220. The fraction of sp³-hybridized carbons (Fsp3) is 0.600. The van der Waals surface area contributed by atoms with E-state index in [0.717, 1.165) is 6.42 Å². The van der Waals surface area contributed by atoms with Gasteiger partial charge in [-0.2, -0.15) is 0 Å². The van der Waals surface area contributed by atoms with Crippen LogP contribution in [0.25, 0.3) is 0 Å². The Kier molecular flexibility index (Phi) is 3.30. The largest absolute Gasteiger partial charge is 0.118 e. The molecule has 0 radical (unpaired) electrons. The van der Waals surface area contributed by atoms with Crippen molar-refractivity contribution in [2.75, 3.05) is 0 Å². The Balaban J connectivity index is 2.43. The maximum Gasteiger partial charge on any atom is 0.0588 e. The zero-order valence-corrected chi connectivity index (χ0v) is 11.3. The number of alkyl halides is 1. The third-order valence-electron chi connectivity index (χ3n) is 3.50. The second kappa shape index (κ2) is 4.41. The predicted octanol–water partition coefficient (Wildman–Crippen LogP) is 4.99. The number of hydrogen-bond acceptors (Lipinski definition) is 0. The van der Waals surface area contributed by atoms with E-state index in [9.17, 15) is 0 Å². The summed E-state index contributed by atoms with van der Waals surface area (Å²) in [5, 5.41) is 0.222. The fourth-order valence-electron chi connectivity index (χ4n) is 2.38. The van der Waals surface area contributed by atoms with Crippen molar-refractivity contribution in [2.24, 2.45) is 0 Å². The van der Waals surface area contributed by atoms with Gasteiger partial charge in [-0.15, -0.1) is 11.6 Å². The summed E-state index contributed by atoms with van der Waals surface area (Å²) in [6.07, 6.45) is 4.86. The minimum Gasteiger partial charge on any atom is -0.118 e. The van der Waals surface area contributed by atoms with Gasteiger partial charge in [0.15, 0.2) is 0 Å². The van der Waals surface area contributed by atoms with Crippen LogP contribution in [0.4, 0.5) is 0 Å². The monoisotopic (exact) mass is 236 g/mol. The molecule has 0 fully saturated rings. The topological polar surface area (TPSA) is 0 Å². The molecule has 0 amide bonds. The van der Waals surface area contributed by atoms with E-state index in [2.05, 4.69) is 39.0 Å². The molecular formula is C15H21Cl. The molecule has 0 aromatic heterocycles. The first kappa shape index (κ1) is 12.0. The molecule has 1 aromatic carbocycles. The first-order chi connectivity index (χ1) is 7.48. The number of rotatable bonds is 0. The van der Waals surface area contributed by atoms with Gasteiger partial charge in [0.2, 0.25) is 0 Å². The highest BCUT2D eigenvalue weighted by molar-refractivity contribution is 6.20. The van der Waals surface area contributed by atoms with E-state index in [1.165, 1.54) is 36.0 Å². The fourth-order valence-corrected chi connectivity index (χ4v) is 2.73. The van der Waals surface area contributed by atoms with Gasteiger partial charge in [-0.25, -0.2) is 0 Å². The molecule has 0 N–H and O–H groups in total. The van der Waals surface area contributed by atoms with Crippen LogP contribution in [0.1, 0.15) is 62.1 Å². The Morgan fingerprint density at radius 3 is 2.62 bits per heavy atom. The van der Waals surface area contributed by atoms with Crippen molar-refractivity contribution in [3.63, 3.8) is 0 Å². The first-order valence-electron chi connectivity index (χ1n) is 6.26. The van der Waals surface area contributed by atoms with Gasteiger partial charge in [-0.1, -0.05) is 45.4 Å². The smallest absolute Gasteiger partial charge is 0.0588 e. The second-order valence-electron chi connectivity index (χ2n) is 5.88. The van der Waals surface area contributed by atoms with Crippen LogP contribution in [0, 0.1) is 0 Å². The van der Waals surface area contributed by atoms with Gasteiger partial charge < -0.3 is 0 Å². The molecule has 1 aliphatic carbocycles. The highest BCUT2D eigenvalue weighted by Gasteiger charge is 2.20. The quantitative estimate of drug-likeness (QED) is 0.440. The van der Waals surface area contributed by atoms with Crippen molar-refractivity contribution in [1.29, 1.82) is 0 Å². The van der Waals surface area contributed by atoms with E-state index < -0.39 is 0 Å². The highest BCUT2D eigenvalue weighted by Crippen LogP contribution is 2.36. The number of hydrogen-bond donors (Lipinski definition) is 0.